The lowest BCUT2D eigenvalue weighted by Gasteiger charge is -2.61. The van der Waals surface area contributed by atoms with E-state index in [2.05, 4.69) is 47.1 Å². The molecule has 0 heterocycles. The van der Waals surface area contributed by atoms with Crippen LogP contribution in [0.25, 0.3) is 0 Å². The van der Waals surface area contributed by atoms with Crippen LogP contribution in [0, 0.1) is 46.3 Å². The molecule has 1 unspecified atom stereocenters. The maximum absolute atomic E-state index is 12.6. The van der Waals surface area contributed by atoms with Crippen LogP contribution in [-0.4, -0.2) is 44.1 Å². The lowest BCUT2D eigenvalue weighted by molar-refractivity contribution is -0.888. The molecule has 8 atom stereocenters. The molecule has 196 valence electrons. The lowest BCUT2D eigenvalue weighted by Crippen LogP contribution is -2.53. The van der Waals surface area contributed by atoms with Crippen LogP contribution < -0.4 is 5.32 Å². The Morgan fingerprint density at radius 2 is 1.74 bits per heavy atom. The zero-order valence-electron chi connectivity index (χ0n) is 23.6. The third-order valence-electron chi connectivity index (χ3n) is 12.3. The minimum absolute atomic E-state index is 0.278. The predicted molar refractivity (Wildman–Crippen MR) is 143 cm³/mol. The highest BCUT2D eigenvalue weighted by molar-refractivity contribution is 5.75. The second kappa shape index (κ2) is 10.4. The summed E-state index contributed by atoms with van der Waals surface area (Å²) in [7, 11) is 4.54. The van der Waals surface area contributed by atoms with E-state index in [1.54, 1.807) is 0 Å². The second-order valence-corrected chi connectivity index (χ2v) is 14.3. The second-order valence-electron chi connectivity index (χ2n) is 14.3. The third-order valence-corrected chi connectivity index (χ3v) is 12.3. The van der Waals surface area contributed by atoms with E-state index in [0.29, 0.717) is 16.7 Å². The first-order chi connectivity index (χ1) is 16.1. The van der Waals surface area contributed by atoms with Gasteiger partial charge in [-0.3, -0.25) is 4.79 Å². The summed E-state index contributed by atoms with van der Waals surface area (Å²) >= 11 is 0. The minimum atomic E-state index is 0.278. The predicted octanol–water partition coefficient (Wildman–Crippen LogP) is 7.05. The van der Waals surface area contributed by atoms with Gasteiger partial charge < -0.3 is 9.80 Å². The average molecular weight is 474 g/mol. The van der Waals surface area contributed by atoms with E-state index in [1.165, 1.54) is 64.2 Å². The molecular weight excluding hydrogens is 416 g/mol. The highest BCUT2D eigenvalue weighted by Crippen LogP contribution is 2.68. The highest BCUT2D eigenvalue weighted by Gasteiger charge is 2.60. The molecule has 0 saturated heterocycles. The molecule has 3 heteroatoms. The SMILES string of the molecule is CC[N+](C)(C)CCCNC(=O)CC[C@@H](C)[C@H]1CC[C@H]2[C@@H]3CCC4CCCC[C@]4(C)[C@H]3CC[C@]12C. The van der Waals surface area contributed by atoms with E-state index in [9.17, 15) is 4.79 Å². The summed E-state index contributed by atoms with van der Waals surface area (Å²) in [5.74, 6) is 5.74. The lowest BCUT2D eigenvalue weighted by atomic mass is 9.44. The van der Waals surface area contributed by atoms with Gasteiger partial charge in [-0.05, 0) is 111 Å². The Labute approximate surface area is 211 Å². The van der Waals surface area contributed by atoms with Crippen molar-refractivity contribution in [2.24, 2.45) is 46.3 Å². The van der Waals surface area contributed by atoms with Crippen LogP contribution in [0.2, 0.25) is 0 Å². The number of nitrogens with one attached hydrogen (secondary N) is 1. The van der Waals surface area contributed by atoms with Crippen LogP contribution in [0.1, 0.15) is 111 Å². The molecule has 0 radical (unpaired) electrons. The number of nitrogens with zero attached hydrogens (tertiary/aromatic N) is 1. The van der Waals surface area contributed by atoms with E-state index in [4.69, 9.17) is 0 Å². The largest absolute Gasteiger partial charge is 0.356 e. The first-order valence-electron chi connectivity index (χ1n) is 15.2. The van der Waals surface area contributed by atoms with Crippen LogP contribution in [0.3, 0.4) is 0 Å². The van der Waals surface area contributed by atoms with Gasteiger partial charge in [-0.2, -0.15) is 0 Å². The highest BCUT2D eigenvalue weighted by atomic mass is 16.1. The monoisotopic (exact) mass is 473 g/mol. The summed E-state index contributed by atoms with van der Waals surface area (Å²) < 4.78 is 1.04. The van der Waals surface area contributed by atoms with Gasteiger partial charge in [0.25, 0.3) is 0 Å². The number of hydrogen-bond acceptors (Lipinski definition) is 1. The Morgan fingerprint density at radius 3 is 2.50 bits per heavy atom. The molecule has 1 N–H and O–H groups in total. The fourth-order valence-electron chi connectivity index (χ4n) is 9.81. The van der Waals surface area contributed by atoms with Gasteiger partial charge in [-0.1, -0.05) is 33.6 Å². The van der Waals surface area contributed by atoms with E-state index in [1.807, 2.05) is 0 Å². The Hall–Kier alpha value is -0.570. The van der Waals surface area contributed by atoms with Crippen molar-refractivity contribution >= 4 is 5.91 Å². The van der Waals surface area contributed by atoms with Gasteiger partial charge in [0, 0.05) is 19.4 Å². The first-order valence-corrected chi connectivity index (χ1v) is 15.2. The molecule has 34 heavy (non-hydrogen) atoms. The normalized spacial score (nSPS) is 40.7. The quantitative estimate of drug-likeness (QED) is 0.282. The van der Waals surface area contributed by atoms with Gasteiger partial charge in [0.05, 0.1) is 27.2 Å². The van der Waals surface area contributed by atoms with Crippen molar-refractivity contribution in [3.8, 4) is 0 Å². The molecule has 0 spiro atoms. The summed E-state index contributed by atoms with van der Waals surface area (Å²) in [6, 6.07) is 0. The molecule has 4 saturated carbocycles. The van der Waals surface area contributed by atoms with Gasteiger partial charge in [-0.15, -0.1) is 0 Å². The summed E-state index contributed by atoms with van der Waals surface area (Å²) in [5, 5.41) is 3.21. The van der Waals surface area contributed by atoms with Gasteiger partial charge in [0.1, 0.15) is 0 Å². The average Bonchev–Trinajstić information content (AvgIpc) is 3.17. The number of carbonyl (C=O) groups excluding carboxylic acids is 1. The first kappa shape index (κ1) is 26.5. The Bertz CT molecular complexity index is 704. The maximum Gasteiger partial charge on any atom is 0.220 e. The van der Waals surface area contributed by atoms with Crippen molar-refractivity contribution in [2.75, 3.05) is 33.7 Å². The third kappa shape index (κ3) is 5.12. The zero-order chi connectivity index (χ0) is 24.6. The standard InChI is InChI=1S/C31H56N2O/c1-7-33(5,6)22-10-21-32-29(34)17-12-23(2)26-15-16-27-25-14-13-24-11-8-9-19-30(24,3)28(25)18-20-31(26,27)4/h23-28H,7-22H2,1-6H3/p+1/t23-,24?,25+,26-,27+,28+,30+,31-/m1/s1. The Kier molecular flexibility index (Phi) is 8.12. The molecule has 0 aliphatic heterocycles. The van der Waals surface area contributed by atoms with Crippen molar-refractivity contribution in [2.45, 2.75) is 111 Å². The summed E-state index contributed by atoms with van der Waals surface area (Å²) in [6.07, 6.45) is 17.7. The molecule has 4 fully saturated rings. The molecule has 4 rings (SSSR count). The van der Waals surface area contributed by atoms with Crippen LogP contribution in [0.5, 0.6) is 0 Å². The van der Waals surface area contributed by atoms with E-state index >= 15 is 0 Å². The van der Waals surface area contributed by atoms with E-state index in [0.717, 1.165) is 73.0 Å². The zero-order valence-corrected chi connectivity index (χ0v) is 23.6. The van der Waals surface area contributed by atoms with Crippen molar-refractivity contribution < 1.29 is 9.28 Å². The molecule has 0 bridgehead atoms. The van der Waals surface area contributed by atoms with E-state index in [-0.39, 0.29) is 5.91 Å². The fraction of sp³-hybridized carbons (Fsp3) is 0.968. The molecule has 4 aliphatic carbocycles. The van der Waals surface area contributed by atoms with Crippen LogP contribution in [-0.2, 0) is 4.79 Å². The number of carbonyl (C=O) groups is 1. The van der Waals surface area contributed by atoms with Crippen molar-refractivity contribution in [1.82, 2.24) is 5.32 Å². The van der Waals surface area contributed by atoms with Gasteiger partial charge >= 0.3 is 0 Å². The summed E-state index contributed by atoms with van der Waals surface area (Å²) in [6.45, 7) is 13.2. The Balaban J connectivity index is 1.28. The van der Waals surface area contributed by atoms with Crippen LogP contribution in [0.15, 0.2) is 0 Å². The van der Waals surface area contributed by atoms with Crippen molar-refractivity contribution in [3.05, 3.63) is 0 Å². The number of amides is 1. The topological polar surface area (TPSA) is 29.1 Å². The molecule has 0 aromatic rings. The number of hydrogen-bond donors (Lipinski definition) is 1. The van der Waals surface area contributed by atoms with Gasteiger partial charge in [0.2, 0.25) is 5.91 Å². The number of rotatable bonds is 9. The van der Waals surface area contributed by atoms with Gasteiger partial charge in [0.15, 0.2) is 0 Å². The van der Waals surface area contributed by atoms with Crippen LogP contribution in [0.4, 0.5) is 0 Å². The summed E-state index contributed by atoms with van der Waals surface area (Å²) in [4.78, 5) is 12.6. The Morgan fingerprint density at radius 1 is 0.971 bits per heavy atom. The van der Waals surface area contributed by atoms with Crippen molar-refractivity contribution in [3.63, 3.8) is 0 Å². The van der Waals surface area contributed by atoms with Gasteiger partial charge in [-0.25, -0.2) is 0 Å². The van der Waals surface area contributed by atoms with Crippen molar-refractivity contribution in [1.29, 1.82) is 0 Å². The van der Waals surface area contributed by atoms with E-state index < -0.39 is 0 Å². The number of fused-ring (bicyclic) bond motifs is 5. The molecule has 0 aromatic carbocycles. The molecule has 0 aromatic heterocycles. The smallest absolute Gasteiger partial charge is 0.220 e. The molecule has 4 aliphatic rings. The minimum Gasteiger partial charge on any atom is -0.356 e. The number of quaternary nitrogens is 1. The molecular formula is C31H57N2O+. The molecule has 3 nitrogen and oxygen atoms in total. The van der Waals surface area contributed by atoms with Crippen LogP contribution >= 0.6 is 0 Å². The maximum atomic E-state index is 12.6. The molecule has 1 amide bonds. The fourth-order valence-corrected chi connectivity index (χ4v) is 9.81. The summed E-state index contributed by atoms with van der Waals surface area (Å²) in [5.41, 5.74) is 1.17.